The Hall–Kier alpha value is -2.33. The van der Waals surface area contributed by atoms with Crippen LogP contribution in [0, 0.1) is 0 Å². The fraction of sp³-hybridized carbons (Fsp3) is 0.150. The van der Waals surface area contributed by atoms with Gasteiger partial charge in [-0.2, -0.15) is 0 Å². The molecule has 0 amide bonds. The first-order chi connectivity index (χ1) is 11.6. The van der Waals surface area contributed by atoms with E-state index in [-0.39, 0.29) is 5.78 Å². The highest BCUT2D eigenvalue weighted by molar-refractivity contribution is 9.10. The number of hydrogen-bond acceptors (Lipinski definition) is 3. The Balaban J connectivity index is 1.75. The SMILES string of the molecule is CC(=O)c1cccc(N2COc3ccc4cc(Br)ccc4c3C2)c1. The van der Waals surface area contributed by atoms with E-state index in [0.717, 1.165) is 28.0 Å². The summed E-state index contributed by atoms with van der Waals surface area (Å²) in [5.41, 5.74) is 2.90. The second-order valence-corrected chi connectivity index (χ2v) is 6.90. The molecule has 4 heteroatoms. The van der Waals surface area contributed by atoms with Gasteiger partial charge < -0.3 is 9.64 Å². The van der Waals surface area contributed by atoms with E-state index in [1.165, 1.54) is 16.3 Å². The van der Waals surface area contributed by atoms with Gasteiger partial charge in [-0.3, -0.25) is 4.79 Å². The average Bonchev–Trinajstić information content (AvgIpc) is 2.61. The fourth-order valence-electron chi connectivity index (χ4n) is 3.11. The van der Waals surface area contributed by atoms with E-state index in [0.29, 0.717) is 6.73 Å². The van der Waals surface area contributed by atoms with Crippen LogP contribution >= 0.6 is 15.9 Å². The Morgan fingerprint density at radius 1 is 1.12 bits per heavy atom. The second kappa shape index (κ2) is 5.95. The zero-order valence-electron chi connectivity index (χ0n) is 13.3. The summed E-state index contributed by atoms with van der Waals surface area (Å²) < 4.78 is 7.03. The molecule has 0 spiro atoms. The van der Waals surface area contributed by atoms with Gasteiger partial charge in [-0.15, -0.1) is 0 Å². The van der Waals surface area contributed by atoms with E-state index in [9.17, 15) is 4.79 Å². The molecule has 0 N–H and O–H groups in total. The van der Waals surface area contributed by atoms with Crippen LogP contribution in [0.4, 0.5) is 5.69 Å². The standard InChI is InChI=1S/C20H16BrNO2/c1-13(23)14-3-2-4-17(10-14)22-11-19-18-7-6-16(21)9-15(18)5-8-20(19)24-12-22/h2-10H,11-12H2,1H3. The maximum Gasteiger partial charge on any atom is 0.161 e. The summed E-state index contributed by atoms with van der Waals surface area (Å²) in [7, 11) is 0. The number of ether oxygens (including phenoxy) is 1. The third-order valence-electron chi connectivity index (χ3n) is 4.39. The molecule has 1 aliphatic rings. The number of hydrogen-bond donors (Lipinski definition) is 0. The van der Waals surface area contributed by atoms with E-state index in [1.54, 1.807) is 6.92 Å². The maximum absolute atomic E-state index is 11.6. The Labute approximate surface area is 149 Å². The van der Waals surface area contributed by atoms with Gasteiger partial charge in [0.1, 0.15) is 5.75 Å². The molecule has 0 saturated carbocycles. The van der Waals surface area contributed by atoms with E-state index < -0.39 is 0 Å². The van der Waals surface area contributed by atoms with E-state index >= 15 is 0 Å². The number of rotatable bonds is 2. The zero-order valence-corrected chi connectivity index (χ0v) is 14.8. The van der Waals surface area contributed by atoms with Crippen LogP contribution < -0.4 is 9.64 Å². The van der Waals surface area contributed by atoms with Gasteiger partial charge in [0.25, 0.3) is 0 Å². The monoisotopic (exact) mass is 381 g/mol. The molecule has 3 aromatic carbocycles. The Kier molecular flexibility index (Phi) is 3.77. The van der Waals surface area contributed by atoms with Crippen molar-refractivity contribution in [3.8, 4) is 5.75 Å². The molecule has 0 bridgehead atoms. The van der Waals surface area contributed by atoms with Crippen molar-refractivity contribution in [1.29, 1.82) is 0 Å². The van der Waals surface area contributed by atoms with Crippen LogP contribution in [0.15, 0.2) is 59.1 Å². The predicted octanol–water partition coefficient (Wildman–Crippen LogP) is 5.16. The summed E-state index contributed by atoms with van der Waals surface area (Å²) in [6.45, 7) is 2.83. The summed E-state index contributed by atoms with van der Waals surface area (Å²) in [5, 5.41) is 2.38. The van der Waals surface area contributed by atoms with Crippen molar-refractivity contribution < 1.29 is 9.53 Å². The lowest BCUT2D eigenvalue weighted by atomic mass is 10.0. The van der Waals surface area contributed by atoms with Crippen molar-refractivity contribution in [2.45, 2.75) is 13.5 Å². The smallest absolute Gasteiger partial charge is 0.161 e. The molecule has 120 valence electrons. The molecule has 0 saturated heterocycles. The summed E-state index contributed by atoms with van der Waals surface area (Å²) >= 11 is 3.52. The van der Waals surface area contributed by atoms with Crippen LogP contribution in [0.3, 0.4) is 0 Å². The first-order valence-electron chi connectivity index (χ1n) is 7.82. The summed E-state index contributed by atoms with van der Waals surface area (Å²) in [6, 6.07) is 18.1. The van der Waals surface area contributed by atoms with E-state index in [1.807, 2.05) is 30.3 Å². The van der Waals surface area contributed by atoms with Gasteiger partial charge in [0.05, 0.1) is 6.54 Å². The number of anilines is 1. The number of halogens is 1. The van der Waals surface area contributed by atoms with Gasteiger partial charge in [0, 0.05) is 21.3 Å². The molecule has 0 radical (unpaired) electrons. The van der Waals surface area contributed by atoms with Crippen LogP contribution in [0.5, 0.6) is 5.75 Å². The quantitative estimate of drug-likeness (QED) is 0.574. The molecular weight excluding hydrogens is 366 g/mol. The van der Waals surface area contributed by atoms with Gasteiger partial charge in [0.2, 0.25) is 0 Å². The number of benzene rings is 3. The number of nitrogens with zero attached hydrogens (tertiary/aromatic N) is 1. The molecule has 3 nitrogen and oxygen atoms in total. The molecule has 0 unspecified atom stereocenters. The Bertz CT molecular complexity index is 952. The molecule has 1 aliphatic heterocycles. The van der Waals surface area contributed by atoms with Gasteiger partial charge in [-0.05, 0) is 48.0 Å². The molecule has 0 atom stereocenters. The first-order valence-corrected chi connectivity index (χ1v) is 8.61. The number of carbonyl (C=O) groups is 1. The van der Waals surface area contributed by atoms with Crippen LogP contribution in [0.1, 0.15) is 22.8 Å². The molecule has 0 aliphatic carbocycles. The van der Waals surface area contributed by atoms with Crippen molar-refractivity contribution in [3.63, 3.8) is 0 Å². The minimum Gasteiger partial charge on any atom is -0.473 e. The summed E-state index contributed by atoms with van der Waals surface area (Å²) in [6.07, 6.45) is 0. The molecule has 0 fully saturated rings. The number of ketones is 1. The average molecular weight is 382 g/mol. The molecule has 0 aromatic heterocycles. The van der Waals surface area contributed by atoms with Crippen molar-refractivity contribution in [3.05, 3.63) is 70.2 Å². The summed E-state index contributed by atoms with van der Waals surface area (Å²) in [4.78, 5) is 13.8. The summed E-state index contributed by atoms with van der Waals surface area (Å²) in [5.74, 6) is 1.01. The fourth-order valence-corrected chi connectivity index (χ4v) is 3.49. The lowest BCUT2D eigenvalue weighted by Crippen LogP contribution is -2.32. The van der Waals surface area contributed by atoms with Crippen molar-refractivity contribution >= 4 is 38.2 Å². The number of Topliss-reactive ketones (excluding diaryl/α,β-unsaturated/α-hetero) is 1. The molecule has 1 heterocycles. The molecule has 3 aromatic rings. The Morgan fingerprint density at radius 2 is 2.00 bits per heavy atom. The molecule has 24 heavy (non-hydrogen) atoms. The molecule has 4 rings (SSSR count). The van der Waals surface area contributed by atoms with Crippen LogP contribution in [0.2, 0.25) is 0 Å². The van der Waals surface area contributed by atoms with Crippen LogP contribution in [-0.4, -0.2) is 12.5 Å². The third kappa shape index (κ3) is 2.67. The minimum atomic E-state index is 0.0745. The largest absolute Gasteiger partial charge is 0.473 e. The van der Waals surface area contributed by atoms with E-state index in [2.05, 4.69) is 45.1 Å². The highest BCUT2D eigenvalue weighted by Gasteiger charge is 2.20. The molecular formula is C20H16BrNO2. The topological polar surface area (TPSA) is 29.5 Å². The van der Waals surface area contributed by atoms with E-state index in [4.69, 9.17) is 4.74 Å². The van der Waals surface area contributed by atoms with Crippen molar-refractivity contribution in [2.75, 3.05) is 11.6 Å². The van der Waals surface area contributed by atoms with Crippen molar-refractivity contribution in [1.82, 2.24) is 0 Å². The number of fused-ring (bicyclic) bond motifs is 3. The zero-order chi connectivity index (χ0) is 16.7. The highest BCUT2D eigenvalue weighted by Crippen LogP contribution is 2.35. The van der Waals surface area contributed by atoms with Gasteiger partial charge >= 0.3 is 0 Å². The third-order valence-corrected chi connectivity index (χ3v) is 4.89. The second-order valence-electron chi connectivity index (χ2n) is 5.99. The number of carbonyl (C=O) groups excluding carboxylic acids is 1. The van der Waals surface area contributed by atoms with Crippen LogP contribution in [-0.2, 0) is 6.54 Å². The maximum atomic E-state index is 11.6. The predicted molar refractivity (Wildman–Crippen MR) is 99.8 cm³/mol. The van der Waals surface area contributed by atoms with Crippen LogP contribution in [0.25, 0.3) is 10.8 Å². The Morgan fingerprint density at radius 3 is 2.83 bits per heavy atom. The highest BCUT2D eigenvalue weighted by atomic mass is 79.9. The normalized spacial score (nSPS) is 13.5. The van der Waals surface area contributed by atoms with Crippen molar-refractivity contribution in [2.24, 2.45) is 0 Å². The first kappa shape index (κ1) is 15.2. The van der Waals surface area contributed by atoms with Gasteiger partial charge in [-0.1, -0.05) is 40.2 Å². The minimum absolute atomic E-state index is 0.0745. The lowest BCUT2D eigenvalue weighted by Gasteiger charge is -2.31. The lowest BCUT2D eigenvalue weighted by molar-refractivity contribution is 0.101. The van der Waals surface area contributed by atoms with Gasteiger partial charge in [0.15, 0.2) is 12.5 Å². The van der Waals surface area contributed by atoms with Gasteiger partial charge in [-0.25, -0.2) is 0 Å².